The highest BCUT2D eigenvalue weighted by Crippen LogP contribution is 2.38. The highest BCUT2D eigenvalue weighted by molar-refractivity contribution is 6.30. The molecule has 74 valence electrons. The van der Waals surface area contributed by atoms with Crippen molar-refractivity contribution < 1.29 is 4.74 Å². The molecule has 2 unspecified atom stereocenters. The maximum absolute atomic E-state index is 7.15. The third kappa shape index (κ3) is 1.92. The molecule has 0 aliphatic heterocycles. The summed E-state index contributed by atoms with van der Waals surface area (Å²) in [5.41, 5.74) is 7.81. The van der Waals surface area contributed by atoms with Crippen LogP contribution in [0.5, 0.6) is 0 Å². The summed E-state index contributed by atoms with van der Waals surface area (Å²) in [6.07, 6.45) is 1.36. The fraction of sp³-hybridized carbons (Fsp3) is 0.778. The van der Waals surface area contributed by atoms with Gasteiger partial charge in [-0.15, -0.1) is 0 Å². The Balaban J connectivity index is 2.94. The zero-order valence-corrected chi connectivity index (χ0v) is 8.98. The van der Waals surface area contributed by atoms with Crippen molar-refractivity contribution in [3.05, 3.63) is 10.6 Å². The number of hydrogen-bond acceptors (Lipinski definition) is 3. The van der Waals surface area contributed by atoms with E-state index >= 15 is 0 Å². The van der Waals surface area contributed by atoms with Crippen molar-refractivity contribution in [3.63, 3.8) is 0 Å². The van der Waals surface area contributed by atoms with Crippen LogP contribution in [0.25, 0.3) is 0 Å². The van der Waals surface area contributed by atoms with E-state index < -0.39 is 5.54 Å². The Labute approximate surface area is 83.6 Å². The summed E-state index contributed by atoms with van der Waals surface area (Å²) in [5, 5.41) is 4.45. The Bertz CT molecular complexity index is 252. The second-order valence-corrected chi connectivity index (χ2v) is 4.22. The van der Waals surface area contributed by atoms with Gasteiger partial charge in [0.05, 0.1) is 6.10 Å². The topological polar surface area (TPSA) is 45.4 Å². The van der Waals surface area contributed by atoms with Crippen LogP contribution in [0.1, 0.15) is 26.7 Å². The van der Waals surface area contributed by atoms with Crippen molar-refractivity contribution in [2.45, 2.75) is 38.3 Å². The minimum absolute atomic E-state index is 0.0208. The van der Waals surface area contributed by atoms with Gasteiger partial charge < -0.3 is 4.74 Å². The standard InChI is InChI=1S/C9H15ClN2O/c1-6-4-8(13-3)9(2,12-11)5-7(6)10/h8,11H,4-5H2,1-3H3. The first-order chi connectivity index (χ1) is 6.03. The molecule has 3 nitrogen and oxygen atoms in total. The van der Waals surface area contributed by atoms with Crippen LogP contribution in [-0.2, 0) is 4.74 Å². The minimum atomic E-state index is -0.481. The molecule has 0 aromatic rings. The van der Waals surface area contributed by atoms with Gasteiger partial charge in [0, 0.05) is 18.6 Å². The second kappa shape index (κ2) is 3.76. The molecule has 2 atom stereocenters. The molecule has 4 heteroatoms. The molecule has 0 radical (unpaired) electrons. The summed E-state index contributed by atoms with van der Waals surface area (Å²) in [6, 6.07) is 0. The van der Waals surface area contributed by atoms with E-state index in [1.54, 1.807) is 7.11 Å². The van der Waals surface area contributed by atoms with Crippen LogP contribution in [0.2, 0.25) is 0 Å². The molecule has 1 aliphatic rings. The van der Waals surface area contributed by atoms with Gasteiger partial charge in [0.15, 0.2) is 0 Å². The molecule has 1 N–H and O–H groups in total. The number of methoxy groups -OCH3 is 1. The molecule has 0 amide bonds. The Kier molecular flexibility index (Phi) is 3.09. The highest BCUT2D eigenvalue weighted by Gasteiger charge is 2.39. The molecule has 0 aromatic carbocycles. The molecule has 0 spiro atoms. The Morgan fingerprint density at radius 2 is 2.31 bits per heavy atom. The summed E-state index contributed by atoms with van der Waals surface area (Å²) >= 11 is 6.03. The van der Waals surface area contributed by atoms with Crippen LogP contribution in [-0.4, -0.2) is 18.8 Å². The van der Waals surface area contributed by atoms with E-state index in [0.29, 0.717) is 6.42 Å². The first-order valence-electron chi connectivity index (χ1n) is 4.29. The van der Waals surface area contributed by atoms with Crippen molar-refractivity contribution in [2.75, 3.05) is 7.11 Å². The Morgan fingerprint density at radius 3 is 2.77 bits per heavy atom. The van der Waals surface area contributed by atoms with Gasteiger partial charge in [-0.1, -0.05) is 17.2 Å². The lowest BCUT2D eigenvalue weighted by molar-refractivity contribution is 0.0347. The first-order valence-corrected chi connectivity index (χ1v) is 4.67. The maximum atomic E-state index is 7.15. The number of halogens is 1. The van der Waals surface area contributed by atoms with Gasteiger partial charge in [-0.05, 0) is 20.3 Å². The summed E-state index contributed by atoms with van der Waals surface area (Å²) in [7, 11) is 1.65. The molecule has 0 saturated carbocycles. The molecule has 0 bridgehead atoms. The van der Waals surface area contributed by atoms with E-state index in [2.05, 4.69) is 5.11 Å². The van der Waals surface area contributed by atoms with Crippen LogP contribution < -0.4 is 0 Å². The van der Waals surface area contributed by atoms with E-state index in [0.717, 1.165) is 17.0 Å². The summed E-state index contributed by atoms with van der Waals surface area (Å²) in [4.78, 5) is 0. The smallest absolute Gasteiger partial charge is 0.110 e. The Morgan fingerprint density at radius 1 is 1.69 bits per heavy atom. The number of hydrogen-bond donors (Lipinski definition) is 1. The predicted octanol–water partition coefficient (Wildman–Crippen LogP) is 3.10. The molecular weight excluding hydrogens is 188 g/mol. The number of ether oxygens (including phenoxy) is 1. The molecule has 0 heterocycles. The number of rotatable bonds is 2. The average Bonchev–Trinajstić information content (AvgIpc) is 2.11. The van der Waals surface area contributed by atoms with Crippen molar-refractivity contribution in [1.29, 1.82) is 5.53 Å². The molecule has 1 aliphatic carbocycles. The van der Waals surface area contributed by atoms with E-state index in [1.165, 1.54) is 0 Å². The van der Waals surface area contributed by atoms with Crippen LogP contribution in [0.15, 0.2) is 15.7 Å². The fourth-order valence-electron chi connectivity index (χ4n) is 1.64. The van der Waals surface area contributed by atoms with Gasteiger partial charge in [0.2, 0.25) is 0 Å². The molecule has 0 fully saturated rings. The van der Waals surface area contributed by atoms with Crippen molar-refractivity contribution in [1.82, 2.24) is 0 Å². The largest absolute Gasteiger partial charge is 0.379 e. The minimum Gasteiger partial charge on any atom is -0.379 e. The lowest BCUT2D eigenvalue weighted by atomic mass is 9.82. The van der Waals surface area contributed by atoms with Crippen molar-refractivity contribution in [2.24, 2.45) is 5.11 Å². The quantitative estimate of drug-likeness (QED) is 0.688. The molecule has 0 aromatic heterocycles. The van der Waals surface area contributed by atoms with E-state index in [1.807, 2.05) is 13.8 Å². The molecule has 13 heavy (non-hydrogen) atoms. The van der Waals surface area contributed by atoms with Crippen LogP contribution in [0.3, 0.4) is 0 Å². The van der Waals surface area contributed by atoms with E-state index in [9.17, 15) is 0 Å². The van der Waals surface area contributed by atoms with Gasteiger partial charge in [0.1, 0.15) is 5.54 Å². The normalized spacial score (nSPS) is 34.9. The lowest BCUT2D eigenvalue weighted by Crippen LogP contribution is -2.41. The van der Waals surface area contributed by atoms with Crippen molar-refractivity contribution >= 4 is 11.6 Å². The number of nitrogens with one attached hydrogen (secondary N) is 1. The Hall–Kier alpha value is -0.410. The zero-order chi connectivity index (χ0) is 10.1. The average molecular weight is 203 g/mol. The summed E-state index contributed by atoms with van der Waals surface area (Å²) < 4.78 is 5.31. The first kappa shape index (κ1) is 10.7. The van der Waals surface area contributed by atoms with E-state index in [-0.39, 0.29) is 6.10 Å². The van der Waals surface area contributed by atoms with Gasteiger partial charge in [-0.25, -0.2) is 5.53 Å². The third-order valence-corrected chi connectivity index (χ3v) is 3.16. The summed E-state index contributed by atoms with van der Waals surface area (Å²) in [6.45, 7) is 3.90. The predicted molar refractivity (Wildman–Crippen MR) is 52.1 cm³/mol. The zero-order valence-electron chi connectivity index (χ0n) is 8.22. The fourth-order valence-corrected chi connectivity index (χ4v) is 1.98. The van der Waals surface area contributed by atoms with Gasteiger partial charge in [0.25, 0.3) is 0 Å². The van der Waals surface area contributed by atoms with Crippen LogP contribution in [0, 0.1) is 5.53 Å². The molecular formula is C9H15ClN2O. The lowest BCUT2D eigenvalue weighted by Gasteiger charge is -2.36. The van der Waals surface area contributed by atoms with Gasteiger partial charge in [-0.3, -0.25) is 0 Å². The molecule has 1 rings (SSSR count). The summed E-state index contributed by atoms with van der Waals surface area (Å²) in [5.74, 6) is 0. The maximum Gasteiger partial charge on any atom is 0.110 e. The third-order valence-electron chi connectivity index (χ3n) is 2.70. The SMILES string of the molecule is COC1CC(C)=C(Cl)CC1(C)N=N. The van der Waals surface area contributed by atoms with Gasteiger partial charge in [-0.2, -0.15) is 5.11 Å². The van der Waals surface area contributed by atoms with Crippen LogP contribution >= 0.6 is 11.6 Å². The monoisotopic (exact) mass is 202 g/mol. The van der Waals surface area contributed by atoms with E-state index in [4.69, 9.17) is 21.9 Å². The number of nitrogens with zero attached hydrogens (tertiary/aromatic N) is 1. The second-order valence-electron chi connectivity index (χ2n) is 3.76. The molecule has 0 saturated heterocycles. The van der Waals surface area contributed by atoms with Gasteiger partial charge >= 0.3 is 0 Å². The van der Waals surface area contributed by atoms with Crippen molar-refractivity contribution in [3.8, 4) is 0 Å². The van der Waals surface area contributed by atoms with Crippen LogP contribution in [0.4, 0.5) is 0 Å². The highest BCUT2D eigenvalue weighted by atomic mass is 35.5.